The molecule has 0 bridgehead atoms. The van der Waals surface area contributed by atoms with Crippen molar-refractivity contribution in [3.05, 3.63) is 206 Å². The second-order valence-corrected chi connectivity index (χ2v) is 16.0. The first-order valence-electron chi connectivity index (χ1n) is 20.9. The van der Waals surface area contributed by atoms with Gasteiger partial charge in [0.1, 0.15) is 11.2 Å². The van der Waals surface area contributed by atoms with Crippen LogP contribution >= 0.6 is 0 Å². The van der Waals surface area contributed by atoms with Gasteiger partial charge in [-0.3, -0.25) is 0 Å². The highest BCUT2D eigenvalue weighted by Crippen LogP contribution is 2.41. The molecule has 0 atom stereocenters. The molecule has 5 heteroatoms. The van der Waals surface area contributed by atoms with Gasteiger partial charge in [-0.1, -0.05) is 140 Å². The molecule has 0 spiro atoms. The lowest BCUT2D eigenvalue weighted by molar-refractivity contribution is 0.669. The maximum Gasteiger partial charge on any atom is 0.164 e. The predicted octanol–water partition coefficient (Wildman–Crippen LogP) is 15.0. The summed E-state index contributed by atoms with van der Waals surface area (Å²) >= 11 is 0. The molecule has 0 aliphatic heterocycles. The minimum absolute atomic E-state index is 0.589. The molecule has 3 heterocycles. The first kappa shape index (κ1) is 34.5. The normalized spacial score (nSPS) is 11.9. The van der Waals surface area contributed by atoms with Crippen LogP contribution in [-0.4, -0.2) is 19.5 Å². The lowest BCUT2D eigenvalue weighted by atomic mass is 9.96. The van der Waals surface area contributed by atoms with E-state index in [1.807, 2.05) is 12.1 Å². The van der Waals surface area contributed by atoms with Crippen molar-refractivity contribution in [1.29, 1.82) is 0 Å². The highest BCUT2D eigenvalue weighted by molar-refractivity contribution is 6.14. The Morgan fingerprint density at radius 3 is 1.56 bits per heavy atom. The van der Waals surface area contributed by atoms with Crippen molar-refractivity contribution in [1.82, 2.24) is 19.5 Å². The molecule has 288 valence electrons. The average molecular weight is 791 g/mol. The van der Waals surface area contributed by atoms with Crippen molar-refractivity contribution in [2.24, 2.45) is 0 Å². The van der Waals surface area contributed by atoms with Gasteiger partial charge in [0.25, 0.3) is 0 Å². The third kappa shape index (κ3) is 5.52. The molecule has 13 rings (SSSR count). The van der Waals surface area contributed by atoms with Crippen molar-refractivity contribution >= 4 is 76.1 Å². The quantitative estimate of drug-likeness (QED) is 0.174. The van der Waals surface area contributed by atoms with Gasteiger partial charge in [0.15, 0.2) is 17.5 Å². The molecule has 3 aromatic heterocycles. The third-order valence-corrected chi connectivity index (χ3v) is 12.4. The standard InChI is InChI=1S/C57H34N4O/c1-3-13-37-29-42(23-21-35(37)11-1)55-58-56(43-24-22-36-12-2-4-14-38(36)30-43)60-57(59-55)48-28-26-44(34-49(48)41-25-27-47-46-18-8-10-20-53(46)62-54(47)33-41)61-51-19-9-7-17-45(51)50-31-39-15-5-6-16-40(39)32-52(50)61/h1-34H. The summed E-state index contributed by atoms with van der Waals surface area (Å²) in [5, 5.41) is 11.6. The number of fused-ring (bicyclic) bond motifs is 9. The molecule has 0 saturated heterocycles. The Morgan fingerprint density at radius 2 is 0.855 bits per heavy atom. The molecule has 0 unspecified atom stereocenters. The summed E-state index contributed by atoms with van der Waals surface area (Å²) < 4.78 is 8.88. The fraction of sp³-hybridized carbons (Fsp3) is 0. The van der Waals surface area contributed by atoms with Gasteiger partial charge in [-0.15, -0.1) is 0 Å². The van der Waals surface area contributed by atoms with Crippen LogP contribution in [0.1, 0.15) is 0 Å². The van der Waals surface area contributed by atoms with E-state index in [1.165, 1.54) is 21.5 Å². The van der Waals surface area contributed by atoms with Crippen molar-refractivity contribution in [2.45, 2.75) is 0 Å². The molecule has 0 saturated carbocycles. The maximum atomic E-state index is 6.50. The van der Waals surface area contributed by atoms with Gasteiger partial charge in [-0.2, -0.15) is 0 Å². The lowest BCUT2D eigenvalue weighted by Crippen LogP contribution is -2.02. The van der Waals surface area contributed by atoms with Crippen molar-refractivity contribution in [3.63, 3.8) is 0 Å². The number of hydrogen-bond donors (Lipinski definition) is 0. The Bertz CT molecular complexity index is 3850. The number of benzene rings is 10. The number of aromatic nitrogens is 4. The molecular formula is C57H34N4O. The van der Waals surface area contributed by atoms with Crippen LogP contribution in [0.3, 0.4) is 0 Å². The summed E-state index contributed by atoms with van der Waals surface area (Å²) in [5.41, 5.74) is 9.74. The fourth-order valence-electron chi connectivity index (χ4n) is 9.34. The van der Waals surface area contributed by atoms with E-state index in [2.05, 4.69) is 199 Å². The summed E-state index contributed by atoms with van der Waals surface area (Å²) in [6, 6.07) is 73.0. The summed E-state index contributed by atoms with van der Waals surface area (Å²) in [6.07, 6.45) is 0. The fourth-order valence-corrected chi connectivity index (χ4v) is 9.34. The highest BCUT2D eigenvalue weighted by atomic mass is 16.3. The van der Waals surface area contributed by atoms with Crippen LogP contribution in [0.2, 0.25) is 0 Å². The van der Waals surface area contributed by atoms with E-state index in [0.29, 0.717) is 17.5 Å². The zero-order valence-electron chi connectivity index (χ0n) is 33.3. The Balaban J connectivity index is 1.08. The van der Waals surface area contributed by atoms with Crippen LogP contribution in [0.4, 0.5) is 0 Å². The van der Waals surface area contributed by atoms with Crippen molar-refractivity contribution < 1.29 is 4.42 Å². The van der Waals surface area contributed by atoms with E-state index in [1.54, 1.807) is 0 Å². The van der Waals surface area contributed by atoms with E-state index in [4.69, 9.17) is 19.4 Å². The van der Waals surface area contributed by atoms with E-state index < -0.39 is 0 Å². The molecule has 10 aromatic carbocycles. The molecule has 5 nitrogen and oxygen atoms in total. The van der Waals surface area contributed by atoms with Gasteiger partial charge in [0, 0.05) is 43.9 Å². The zero-order chi connectivity index (χ0) is 40.7. The van der Waals surface area contributed by atoms with Crippen LogP contribution in [0.15, 0.2) is 211 Å². The smallest absolute Gasteiger partial charge is 0.164 e. The Labute approximate surface area is 355 Å². The highest BCUT2D eigenvalue weighted by Gasteiger charge is 2.20. The predicted molar refractivity (Wildman–Crippen MR) is 256 cm³/mol. The number of para-hydroxylation sites is 2. The average Bonchev–Trinajstić information content (AvgIpc) is 3.87. The van der Waals surface area contributed by atoms with Gasteiger partial charge in [-0.05, 0) is 110 Å². The zero-order valence-corrected chi connectivity index (χ0v) is 33.3. The molecule has 0 N–H and O–H groups in total. The molecule has 0 amide bonds. The van der Waals surface area contributed by atoms with Crippen LogP contribution in [0.5, 0.6) is 0 Å². The van der Waals surface area contributed by atoms with Gasteiger partial charge in [-0.25, -0.2) is 15.0 Å². The summed E-state index contributed by atoms with van der Waals surface area (Å²) in [5.74, 6) is 1.81. The molecule has 13 aromatic rings. The first-order chi connectivity index (χ1) is 30.7. The second-order valence-electron chi connectivity index (χ2n) is 16.0. The van der Waals surface area contributed by atoms with Crippen LogP contribution in [0.25, 0.3) is 127 Å². The monoisotopic (exact) mass is 790 g/mol. The molecule has 0 fully saturated rings. The van der Waals surface area contributed by atoms with Crippen molar-refractivity contribution in [2.75, 3.05) is 0 Å². The lowest BCUT2D eigenvalue weighted by Gasteiger charge is -2.16. The van der Waals surface area contributed by atoms with Crippen LogP contribution in [0, 0.1) is 0 Å². The molecule has 0 aliphatic rings. The minimum Gasteiger partial charge on any atom is -0.456 e. The van der Waals surface area contributed by atoms with Gasteiger partial charge < -0.3 is 8.98 Å². The molecular weight excluding hydrogens is 757 g/mol. The first-order valence-corrected chi connectivity index (χ1v) is 20.9. The number of furan rings is 1. The summed E-state index contributed by atoms with van der Waals surface area (Å²) in [4.78, 5) is 15.8. The maximum absolute atomic E-state index is 6.50. The number of nitrogens with zero attached hydrogens (tertiary/aromatic N) is 4. The Morgan fingerprint density at radius 1 is 0.306 bits per heavy atom. The Kier molecular flexibility index (Phi) is 7.54. The number of rotatable bonds is 5. The van der Waals surface area contributed by atoms with E-state index >= 15 is 0 Å². The molecule has 0 aliphatic carbocycles. The van der Waals surface area contributed by atoms with Crippen molar-refractivity contribution in [3.8, 4) is 51.0 Å². The Hall–Kier alpha value is -8.41. The number of hydrogen-bond acceptors (Lipinski definition) is 4. The second kappa shape index (κ2) is 13.6. The minimum atomic E-state index is 0.589. The van der Waals surface area contributed by atoms with Gasteiger partial charge >= 0.3 is 0 Å². The summed E-state index contributed by atoms with van der Waals surface area (Å²) in [6.45, 7) is 0. The van der Waals surface area contributed by atoms with E-state index in [0.717, 1.165) is 88.0 Å². The largest absolute Gasteiger partial charge is 0.456 e. The van der Waals surface area contributed by atoms with Crippen LogP contribution in [-0.2, 0) is 0 Å². The molecule has 62 heavy (non-hydrogen) atoms. The summed E-state index contributed by atoms with van der Waals surface area (Å²) in [7, 11) is 0. The van der Waals surface area contributed by atoms with E-state index in [-0.39, 0.29) is 0 Å². The van der Waals surface area contributed by atoms with Crippen LogP contribution < -0.4 is 0 Å². The van der Waals surface area contributed by atoms with E-state index in [9.17, 15) is 0 Å². The van der Waals surface area contributed by atoms with Gasteiger partial charge in [0.05, 0.1) is 11.0 Å². The topological polar surface area (TPSA) is 56.7 Å². The third-order valence-electron chi connectivity index (χ3n) is 12.4. The van der Waals surface area contributed by atoms with Gasteiger partial charge in [0.2, 0.25) is 0 Å². The SMILES string of the molecule is c1ccc2cc(-c3nc(-c4ccc5ccccc5c4)nc(-c4ccc(-n5c6ccccc6c6cc7ccccc7cc65)cc4-c4ccc5c(c4)oc4ccccc45)n3)ccc2c1. The molecule has 0 radical (unpaired) electrons.